The number of carbonyl (C=O) groups excluding carboxylic acids is 1. The molecule has 3 heterocycles. The van der Waals surface area contributed by atoms with E-state index in [-0.39, 0.29) is 11.5 Å². The minimum absolute atomic E-state index is 0.0160. The summed E-state index contributed by atoms with van der Waals surface area (Å²) in [5.41, 5.74) is 2.15. The lowest BCUT2D eigenvalue weighted by Gasteiger charge is -2.15. The number of allylic oxidation sites excluding steroid dienone is 1. The number of Topliss-reactive ketones (excluding diaryl/α,β-unsaturated/α-hetero) is 1. The van der Waals surface area contributed by atoms with Crippen LogP contribution in [0.25, 0.3) is 10.5 Å². The number of aromatic hydroxyl groups is 1. The van der Waals surface area contributed by atoms with E-state index < -0.39 is 10.8 Å². The normalized spacial score (nSPS) is 19.1. The fourth-order valence-corrected chi connectivity index (χ4v) is 7.38. The Labute approximate surface area is 243 Å². The molecule has 41 heavy (non-hydrogen) atoms. The quantitative estimate of drug-likeness (QED) is 0.316. The number of phenols is 1. The Morgan fingerprint density at radius 2 is 1.29 bits per heavy atom. The number of nitrogens with zero attached hydrogens (tertiary/aromatic N) is 2. The highest BCUT2D eigenvalue weighted by Crippen LogP contribution is 2.44. The van der Waals surface area contributed by atoms with Crippen molar-refractivity contribution in [2.45, 2.75) is 30.6 Å². The van der Waals surface area contributed by atoms with Crippen LogP contribution in [-0.2, 0) is 10.8 Å². The fourth-order valence-electron chi connectivity index (χ4n) is 5.82. The van der Waals surface area contributed by atoms with Crippen molar-refractivity contribution in [1.29, 1.82) is 0 Å². The van der Waals surface area contributed by atoms with Crippen LogP contribution >= 0.6 is 0 Å². The first-order valence-corrected chi connectivity index (χ1v) is 15.7. The Kier molecular flexibility index (Phi) is 8.51. The van der Waals surface area contributed by atoms with Crippen molar-refractivity contribution in [2.75, 3.05) is 52.5 Å². The lowest BCUT2D eigenvalue weighted by molar-refractivity contribution is 0.105. The molecule has 2 fully saturated rings. The zero-order valence-corrected chi connectivity index (χ0v) is 24.0. The number of benzene rings is 3. The van der Waals surface area contributed by atoms with E-state index in [0.717, 1.165) is 50.8 Å². The second kappa shape index (κ2) is 12.6. The van der Waals surface area contributed by atoms with E-state index in [1.54, 1.807) is 18.2 Å². The number of ketones is 1. The molecule has 8 heteroatoms. The zero-order valence-electron chi connectivity index (χ0n) is 23.2. The van der Waals surface area contributed by atoms with Crippen molar-refractivity contribution < 1.29 is 23.6 Å². The Morgan fingerprint density at radius 3 is 1.85 bits per heavy atom. The Bertz CT molecular complexity index is 1440. The number of hydrogen-bond acceptors (Lipinski definition) is 7. The molecule has 0 bridgehead atoms. The molecule has 2 saturated heterocycles. The highest BCUT2D eigenvalue weighted by atomic mass is 32.2. The summed E-state index contributed by atoms with van der Waals surface area (Å²) in [6.45, 7) is 7.53. The van der Waals surface area contributed by atoms with Crippen LogP contribution in [0.1, 0.15) is 47.2 Å². The lowest BCUT2D eigenvalue weighted by Crippen LogP contribution is -2.25. The average molecular weight is 573 g/mol. The van der Waals surface area contributed by atoms with E-state index in [2.05, 4.69) is 9.80 Å². The van der Waals surface area contributed by atoms with Crippen molar-refractivity contribution in [1.82, 2.24) is 9.80 Å². The molecular formula is C33H36N2O5S. The Morgan fingerprint density at radius 1 is 0.756 bits per heavy atom. The van der Waals surface area contributed by atoms with Crippen LogP contribution in [0.2, 0.25) is 0 Å². The molecule has 0 spiro atoms. The standard InChI is InChI=1S/C33H36N2O5S/c36-26-9-14-29-30(23-26)41(38)33(25-7-12-28(13-8-25)40-22-20-35-17-3-4-18-35)31(29)32(37)24-5-10-27(11-6-24)39-21-19-34-15-1-2-16-34/h5-14,23,36H,1-4,15-22H2. The van der Waals surface area contributed by atoms with Gasteiger partial charge >= 0.3 is 0 Å². The molecule has 3 aromatic carbocycles. The first kappa shape index (κ1) is 27.7. The number of fused-ring (bicyclic) bond motifs is 1. The third kappa shape index (κ3) is 6.25. The van der Waals surface area contributed by atoms with Gasteiger partial charge in [0.05, 0.1) is 20.6 Å². The van der Waals surface area contributed by atoms with Gasteiger partial charge in [0, 0.05) is 29.8 Å². The SMILES string of the molecule is O=C(C1=C(c2ccc(OCCN3CCCC3)cc2)S(=O)c2cc(O)ccc21)c1ccc(OCCN2CCCC2)cc1. The molecule has 0 aromatic heterocycles. The monoisotopic (exact) mass is 572 g/mol. The van der Waals surface area contributed by atoms with E-state index in [4.69, 9.17) is 9.47 Å². The summed E-state index contributed by atoms with van der Waals surface area (Å²) in [5.74, 6) is 1.26. The van der Waals surface area contributed by atoms with Crippen LogP contribution in [0.3, 0.4) is 0 Å². The van der Waals surface area contributed by atoms with Crippen molar-refractivity contribution >= 4 is 27.1 Å². The van der Waals surface area contributed by atoms with Crippen molar-refractivity contribution in [3.8, 4) is 17.2 Å². The summed E-state index contributed by atoms with van der Waals surface area (Å²) in [5, 5.41) is 10.1. The minimum Gasteiger partial charge on any atom is -0.508 e. The highest BCUT2D eigenvalue weighted by Gasteiger charge is 2.34. The van der Waals surface area contributed by atoms with E-state index in [0.29, 0.717) is 45.3 Å². The number of phenolic OH excluding ortho intramolecular Hbond substituents is 1. The van der Waals surface area contributed by atoms with E-state index >= 15 is 0 Å². The van der Waals surface area contributed by atoms with Crippen LogP contribution in [0.4, 0.5) is 0 Å². The number of likely N-dealkylation sites (tertiary alicyclic amines) is 2. The maximum absolute atomic E-state index is 13.9. The molecule has 0 aliphatic carbocycles. The van der Waals surface area contributed by atoms with Gasteiger partial charge < -0.3 is 14.6 Å². The average Bonchev–Trinajstić information content (AvgIpc) is 3.76. The van der Waals surface area contributed by atoms with Crippen LogP contribution in [0.15, 0.2) is 71.6 Å². The van der Waals surface area contributed by atoms with Gasteiger partial charge in [0.2, 0.25) is 0 Å². The van der Waals surface area contributed by atoms with Gasteiger partial charge in [0.1, 0.15) is 30.5 Å². The van der Waals surface area contributed by atoms with Crippen LogP contribution < -0.4 is 9.47 Å². The molecule has 1 N–H and O–H groups in total. The largest absolute Gasteiger partial charge is 0.508 e. The van der Waals surface area contributed by atoms with Gasteiger partial charge in [-0.25, -0.2) is 4.21 Å². The third-order valence-electron chi connectivity index (χ3n) is 8.06. The van der Waals surface area contributed by atoms with Crippen LogP contribution in [0, 0.1) is 0 Å². The predicted octanol–water partition coefficient (Wildman–Crippen LogP) is 5.21. The van der Waals surface area contributed by atoms with E-state index in [1.807, 2.05) is 36.4 Å². The molecule has 214 valence electrons. The number of hydrogen-bond donors (Lipinski definition) is 1. The highest BCUT2D eigenvalue weighted by molar-refractivity contribution is 7.95. The molecule has 1 atom stereocenters. The number of carbonyl (C=O) groups is 1. The third-order valence-corrected chi connectivity index (χ3v) is 9.60. The van der Waals surface area contributed by atoms with Gasteiger partial charge in [0.25, 0.3) is 0 Å². The number of rotatable bonds is 11. The van der Waals surface area contributed by atoms with Crippen molar-refractivity contribution in [3.63, 3.8) is 0 Å². The maximum Gasteiger partial charge on any atom is 0.194 e. The molecule has 0 saturated carbocycles. The Balaban J connectivity index is 1.21. The van der Waals surface area contributed by atoms with Gasteiger partial charge in [-0.1, -0.05) is 12.1 Å². The molecule has 3 aliphatic rings. The maximum atomic E-state index is 13.9. The van der Waals surface area contributed by atoms with Gasteiger partial charge in [-0.2, -0.15) is 0 Å². The van der Waals surface area contributed by atoms with Crippen molar-refractivity contribution in [3.05, 3.63) is 83.4 Å². The van der Waals surface area contributed by atoms with E-state index in [1.165, 1.54) is 37.8 Å². The van der Waals surface area contributed by atoms with E-state index in [9.17, 15) is 14.1 Å². The second-order valence-corrected chi connectivity index (χ2v) is 12.2. The minimum atomic E-state index is -1.62. The zero-order chi connectivity index (χ0) is 28.2. The summed E-state index contributed by atoms with van der Waals surface area (Å²) in [6.07, 6.45) is 5.00. The Hall–Kier alpha value is -3.46. The van der Waals surface area contributed by atoms with Gasteiger partial charge in [-0.3, -0.25) is 14.6 Å². The molecule has 7 nitrogen and oxygen atoms in total. The van der Waals surface area contributed by atoms with Crippen LogP contribution in [0.5, 0.6) is 17.2 Å². The summed E-state index contributed by atoms with van der Waals surface area (Å²) >= 11 is 0. The summed E-state index contributed by atoms with van der Waals surface area (Å²) in [7, 11) is -1.62. The van der Waals surface area contributed by atoms with Gasteiger partial charge in [0.15, 0.2) is 5.78 Å². The van der Waals surface area contributed by atoms with Gasteiger partial charge in [-0.05, 0) is 112 Å². The number of ether oxygens (including phenoxy) is 2. The molecule has 3 aliphatic heterocycles. The summed E-state index contributed by atoms with van der Waals surface area (Å²) < 4.78 is 25.6. The molecule has 6 rings (SSSR count). The molecule has 0 radical (unpaired) electrons. The fraction of sp³-hybridized carbons (Fsp3) is 0.364. The molecular weight excluding hydrogens is 536 g/mol. The van der Waals surface area contributed by atoms with Crippen molar-refractivity contribution in [2.24, 2.45) is 0 Å². The second-order valence-electron chi connectivity index (χ2n) is 10.8. The predicted molar refractivity (Wildman–Crippen MR) is 161 cm³/mol. The van der Waals surface area contributed by atoms with Gasteiger partial charge in [-0.15, -0.1) is 0 Å². The molecule has 3 aromatic rings. The van der Waals surface area contributed by atoms with Crippen LogP contribution in [-0.4, -0.2) is 77.4 Å². The molecule has 0 amide bonds. The topological polar surface area (TPSA) is 79.3 Å². The summed E-state index contributed by atoms with van der Waals surface area (Å²) in [4.78, 5) is 19.6. The summed E-state index contributed by atoms with van der Waals surface area (Å²) in [6, 6.07) is 19.3. The first-order valence-electron chi connectivity index (χ1n) is 14.5. The lowest BCUT2D eigenvalue weighted by atomic mass is 9.94. The molecule has 1 unspecified atom stereocenters. The first-order chi connectivity index (χ1) is 20.1. The smallest absolute Gasteiger partial charge is 0.194 e.